The largest absolute Gasteiger partial charge is 0.480 e. The summed E-state index contributed by atoms with van der Waals surface area (Å²) in [5.41, 5.74) is 7.68. The predicted octanol–water partition coefficient (Wildman–Crippen LogP) is 4.22. The van der Waals surface area contributed by atoms with E-state index >= 15 is 0 Å². The Morgan fingerprint density at radius 1 is 1.21 bits per heavy atom. The number of nitrogens with two attached hydrogens (primary N) is 1. The molecule has 1 aromatic carbocycles. The molecule has 0 bridgehead atoms. The minimum absolute atomic E-state index is 0.309. The first kappa shape index (κ1) is 19.9. The zero-order valence-electron chi connectivity index (χ0n) is 16.4. The van der Waals surface area contributed by atoms with Gasteiger partial charge in [0.25, 0.3) is 5.89 Å². The summed E-state index contributed by atoms with van der Waals surface area (Å²) in [6, 6.07) is 9.36. The van der Waals surface area contributed by atoms with Crippen molar-refractivity contribution in [3.8, 4) is 17.3 Å². The number of aromatic nitrogens is 3. The molecule has 28 heavy (non-hydrogen) atoms. The van der Waals surface area contributed by atoms with Gasteiger partial charge in [0.1, 0.15) is 11.3 Å². The molecule has 3 aromatic rings. The number of hydrogen-bond acceptors (Lipinski definition) is 7. The second-order valence-corrected chi connectivity index (χ2v) is 6.78. The van der Waals surface area contributed by atoms with Crippen LogP contribution in [0.3, 0.4) is 0 Å². The Morgan fingerprint density at radius 2 is 2.04 bits per heavy atom. The summed E-state index contributed by atoms with van der Waals surface area (Å²) in [7, 11) is 1.56. The molecule has 0 saturated heterocycles. The minimum atomic E-state index is -0.331. The number of benzene rings is 1. The number of ether oxygens (including phenoxy) is 1. The average Bonchev–Trinajstić information content (AvgIpc) is 3.22. The second kappa shape index (κ2) is 9.41. The first-order chi connectivity index (χ1) is 13.6. The highest BCUT2D eigenvalue weighted by molar-refractivity contribution is 5.84. The summed E-state index contributed by atoms with van der Waals surface area (Å²) in [5.74, 6) is 1.48. The van der Waals surface area contributed by atoms with Crippen LogP contribution < -0.4 is 10.5 Å². The predicted molar refractivity (Wildman–Crippen MR) is 107 cm³/mol. The molecule has 1 atom stereocenters. The van der Waals surface area contributed by atoms with E-state index in [9.17, 15) is 4.79 Å². The number of para-hydroxylation sites is 1. The number of carbonyl (C=O) groups is 1. The van der Waals surface area contributed by atoms with Crippen molar-refractivity contribution < 1.29 is 13.9 Å². The molecule has 0 fully saturated rings. The van der Waals surface area contributed by atoms with E-state index in [1.165, 1.54) is 0 Å². The van der Waals surface area contributed by atoms with Crippen molar-refractivity contribution in [3.63, 3.8) is 0 Å². The van der Waals surface area contributed by atoms with Gasteiger partial charge in [0.05, 0.1) is 18.7 Å². The molecule has 3 rings (SSSR count). The van der Waals surface area contributed by atoms with E-state index in [0.29, 0.717) is 41.8 Å². The summed E-state index contributed by atoms with van der Waals surface area (Å²) < 4.78 is 11.2. The van der Waals surface area contributed by atoms with Crippen LogP contribution in [0.5, 0.6) is 5.88 Å². The smallest absolute Gasteiger partial charge is 0.253 e. The van der Waals surface area contributed by atoms with Gasteiger partial charge in [-0.3, -0.25) is 4.79 Å². The summed E-state index contributed by atoms with van der Waals surface area (Å²) in [6.45, 7) is 1.89. The van der Waals surface area contributed by atoms with Crippen molar-refractivity contribution in [2.45, 2.75) is 51.5 Å². The zero-order chi connectivity index (χ0) is 19.9. The Morgan fingerprint density at radius 3 is 2.82 bits per heavy atom. The van der Waals surface area contributed by atoms with Crippen molar-refractivity contribution in [2.24, 2.45) is 5.73 Å². The van der Waals surface area contributed by atoms with Crippen LogP contribution in [0, 0.1) is 0 Å². The topological polar surface area (TPSA) is 104 Å². The van der Waals surface area contributed by atoms with Crippen LogP contribution in [-0.2, 0) is 4.79 Å². The van der Waals surface area contributed by atoms with Gasteiger partial charge in [0.15, 0.2) is 0 Å². The van der Waals surface area contributed by atoms with Gasteiger partial charge in [-0.1, -0.05) is 38.0 Å². The second-order valence-electron chi connectivity index (χ2n) is 6.78. The van der Waals surface area contributed by atoms with Gasteiger partial charge in [-0.25, -0.2) is 4.98 Å². The van der Waals surface area contributed by atoms with Crippen molar-refractivity contribution in [1.82, 2.24) is 15.2 Å². The molecule has 0 radical (unpaired) electrons. The lowest BCUT2D eigenvalue weighted by atomic mass is 10.1. The molecule has 2 heterocycles. The Balaban J connectivity index is 1.66. The molecule has 0 aliphatic rings. The fourth-order valence-electron chi connectivity index (χ4n) is 3.06. The van der Waals surface area contributed by atoms with Crippen molar-refractivity contribution in [3.05, 3.63) is 36.2 Å². The van der Waals surface area contributed by atoms with Gasteiger partial charge < -0.3 is 14.9 Å². The maximum atomic E-state index is 11.3. The molecular formula is C21H26N4O3. The SMILES string of the molecule is CCC(=O)CCCCCC(N)c1nnc(-c2cc3ccccc3nc2OC)o1. The molecule has 0 aliphatic carbocycles. The number of rotatable bonds is 10. The summed E-state index contributed by atoms with van der Waals surface area (Å²) in [6.07, 6.45) is 4.76. The zero-order valence-corrected chi connectivity index (χ0v) is 16.4. The van der Waals surface area contributed by atoms with E-state index < -0.39 is 0 Å². The van der Waals surface area contributed by atoms with Crippen molar-refractivity contribution >= 4 is 16.7 Å². The standard InChI is InChI=1S/C21H26N4O3/c1-3-15(26)10-5-4-6-11-17(22)21-25-24-20(28-21)16-13-14-9-7-8-12-18(14)23-19(16)27-2/h7-9,12-13,17H,3-6,10-11,22H2,1-2H3. The van der Waals surface area contributed by atoms with Crippen LogP contribution >= 0.6 is 0 Å². The monoisotopic (exact) mass is 382 g/mol. The van der Waals surface area contributed by atoms with E-state index in [4.69, 9.17) is 14.9 Å². The fraction of sp³-hybridized carbons (Fsp3) is 0.429. The fourth-order valence-corrected chi connectivity index (χ4v) is 3.06. The number of nitrogens with zero attached hydrogens (tertiary/aromatic N) is 3. The molecule has 2 N–H and O–H groups in total. The van der Waals surface area contributed by atoms with E-state index in [2.05, 4.69) is 15.2 Å². The molecule has 7 nitrogen and oxygen atoms in total. The maximum absolute atomic E-state index is 11.3. The summed E-state index contributed by atoms with van der Waals surface area (Å²) in [5, 5.41) is 9.21. The van der Waals surface area contributed by atoms with E-state index in [1.807, 2.05) is 37.3 Å². The molecule has 0 saturated carbocycles. The Hall–Kier alpha value is -2.80. The highest BCUT2D eigenvalue weighted by atomic mass is 16.5. The third kappa shape index (κ3) is 4.72. The number of fused-ring (bicyclic) bond motifs is 1. The van der Waals surface area contributed by atoms with Gasteiger partial charge in [-0.2, -0.15) is 0 Å². The number of methoxy groups -OCH3 is 1. The summed E-state index contributed by atoms with van der Waals surface area (Å²) in [4.78, 5) is 15.8. The number of carbonyl (C=O) groups excluding carboxylic acids is 1. The molecule has 7 heteroatoms. The maximum Gasteiger partial charge on any atom is 0.253 e. The summed E-state index contributed by atoms with van der Waals surface area (Å²) >= 11 is 0. The van der Waals surface area contributed by atoms with Crippen LogP contribution in [0.2, 0.25) is 0 Å². The Bertz CT molecular complexity index is 938. The Labute approximate surface area is 164 Å². The van der Waals surface area contributed by atoms with Crippen molar-refractivity contribution in [2.75, 3.05) is 7.11 Å². The molecule has 0 spiro atoms. The first-order valence-electron chi connectivity index (χ1n) is 9.67. The first-order valence-corrected chi connectivity index (χ1v) is 9.67. The molecule has 0 aliphatic heterocycles. The van der Waals surface area contributed by atoms with Crippen LogP contribution in [0.1, 0.15) is 57.4 Å². The van der Waals surface area contributed by atoms with Crippen LogP contribution in [0.15, 0.2) is 34.7 Å². The number of ketones is 1. The average molecular weight is 382 g/mol. The van der Waals surface area contributed by atoms with Gasteiger partial charge in [-0.05, 0) is 25.0 Å². The van der Waals surface area contributed by atoms with E-state index in [-0.39, 0.29) is 6.04 Å². The third-order valence-electron chi connectivity index (χ3n) is 4.74. The van der Waals surface area contributed by atoms with Gasteiger partial charge in [0, 0.05) is 18.2 Å². The minimum Gasteiger partial charge on any atom is -0.480 e. The van der Waals surface area contributed by atoms with Crippen LogP contribution in [0.4, 0.5) is 0 Å². The highest BCUT2D eigenvalue weighted by Gasteiger charge is 2.19. The van der Waals surface area contributed by atoms with E-state index in [1.54, 1.807) is 7.11 Å². The van der Waals surface area contributed by atoms with Gasteiger partial charge in [-0.15, -0.1) is 10.2 Å². The van der Waals surface area contributed by atoms with Gasteiger partial charge in [0.2, 0.25) is 11.8 Å². The van der Waals surface area contributed by atoms with Gasteiger partial charge >= 0.3 is 0 Å². The lowest BCUT2D eigenvalue weighted by Gasteiger charge is -2.07. The molecule has 2 aromatic heterocycles. The lowest BCUT2D eigenvalue weighted by Crippen LogP contribution is -2.10. The van der Waals surface area contributed by atoms with Crippen LogP contribution in [-0.4, -0.2) is 28.1 Å². The third-order valence-corrected chi connectivity index (χ3v) is 4.74. The molecule has 0 amide bonds. The quantitative estimate of drug-likeness (QED) is 0.523. The number of Topliss-reactive ketones (excluding diaryl/α,β-unsaturated/α-hetero) is 1. The number of pyridine rings is 1. The van der Waals surface area contributed by atoms with Crippen LogP contribution in [0.25, 0.3) is 22.4 Å². The molecule has 1 unspecified atom stereocenters. The molecule has 148 valence electrons. The normalized spacial score (nSPS) is 12.2. The Kier molecular flexibility index (Phi) is 6.71. The number of hydrogen-bond donors (Lipinski definition) is 1. The highest BCUT2D eigenvalue weighted by Crippen LogP contribution is 2.31. The molecular weight excluding hydrogens is 356 g/mol. The van der Waals surface area contributed by atoms with Crippen molar-refractivity contribution in [1.29, 1.82) is 0 Å². The number of unbranched alkanes of at least 4 members (excludes halogenated alkanes) is 2. The van der Waals surface area contributed by atoms with E-state index in [0.717, 1.165) is 36.6 Å². The lowest BCUT2D eigenvalue weighted by molar-refractivity contribution is -0.118.